The number of amides is 2. The summed E-state index contributed by atoms with van der Waals surface area (Å²) in [5, 5.41) is 8.07. The fraction of sp³-hybridized carbons (Fsp3) is 0.312. The van der Waals surface area contributed by atoms with Gasteiger partial charge in [0.2, 0.25) is 11.8 Å². The van der Waals surface area contributed by atoms with E-state index >= 15 is 0 Å². The third-order valence-electron chi connectivity index (χ3n) is 3.32. The fourth-order valence-electron chi connectivity index (χ4n) is 1.86. The zero-order valence-corrected chi connectivity index (χ0v) is 16.2. The second kappa shape index (κ2) is 9.72. The summed E-state index contributed by atoms with van der Waals surface area (Å²) in [6, 6.07) is 6.68. The summed E-state index contributed by atoms with van der Waals surface area (Å²) in [5.41, 5.74) is 7.31. The maximum atomic E-state index is 11.9. The van der Waals surface area contributed by atoms with Crippen LogP contribution in [0.25, 0.3) is 11.3 Å². The van der Waals surface area contributed by atoms with Gasteiger partial charge in [-0.1, -0.05) is 37.6 Å². The average molecular weight is 403 g/mol. The minimum atomic E-state index is -0.632. The van der Waals surface area contributed by atoms with E-state index in [1.807, 2.05) is 31.4 Å². The van der Waals surface area contributed by atoms with Crippen LogP contribution < -0.4 is 16.4 Å². The van der Waals surface area contributed by atoms with E-state index in [1.54, 1.807) is 12.1 Å². The van der Waals surface area contributed by atoms with Crippen LogP contribution in [-0.4, -0.2) is 29.4 Å². The quantitative estimate of drug-likeness (QED) is 0.691. The number of nitrogens with zero attached hydrogens (tertiary/aromatic N) is 1. The Morgan fingerprint density at radius 2 is 2.08 bits per heavy atom. The fourth-order valence-corrected chi connectivity index (χ4v) is 2.79. The molecule has 6 nitrogen and oxygen atoms in total. The minimum absolute atomic E-state index is 0. The number of rotatable bonds is 6. The van der Waals surface area contributed by atoms with Gasteiger partial charge in [0, 0.05) is 16.0 Å². The van der Waals surface area contributed by atoms with E-state index in [-0.39, 0.29) is 36.7 Å². The molecule has 0 aliphatic heterocycles. The highest BCUT2D eigenvalue weighted by Crippen LogP contribution is 2.26. The lowest BCUT2D eigenvalue weighted by atomic mass is 10.1. The Bertz CT molecular complexity index is 736. The Morgan fingerprint density at radius 3 is 2.72 bits per heavy atom. The molecule has 4 N–H and O–H groups in total. The molecule has 25 heavy (non-hydrogen) atoms. The van der Waals surface area contributed by atoms with Gasteiger partial charge in [0.1, 0.15) is 0 Å². The Kier molecular flexibility index (Phi) is 8.31. The van der Waals surface area contributed by atoms with Crippen LogP contribution in [0.2, 0.25) is 5.02 Å². The molecule has 2 rings (SSSR count). The smallest absolute Gasteiger partial charge is 0.245 e. The highest BCUT2D eigenvalue weighted by atomic mass is 35.5. The lowest BCUT2D eigenvalue weighted by molar-refractivity contribution is -0.125. The molecular weight excluding hydrogens is 383 g/mol. The molecule has 1 aromatic carbocycles. The monoisotopic (exact) mass is 402 g/mol. The predicted octanol–water partition coefficient (Wildman–Crippen LogP) is 2.92. The standard InChI is InChI=1S/C16H19ClN4O2S.ClH/c1-9(2)14(18)15(23)19-7-13(22)21-16-20-12(8-24-16)10-4-3-5-11(17)6-10;/h3-6,8-9,14H,7,18H2,1-2H3,(H,19,23)(H,20,21,22);1H/t14-;/m0./s1. The number of hydrogen-bond donors (Lipinski definition) is 3. The van der Waals surface area contributed by atoms with Crippen molar-refractivity contribution < 1.29 is 9.59 Å². The van der Waals surface area contributed by atoms with Crippen molar-refractivity contribution in [3.8, 4) is 11.3 Å². The van der Waals surface area contributed by atoms with Crippen molar-refractivity contribution >= 4 is 52.3 Å². The van der Waals surface area contributed by atoms with Crippen molar-refractivity contribution in [2.24, 2.45) is 11.7 Å². The summed E-state index contributed by atoms with van der Waals surface area (Å²) in [6.07, 6.45) is 0. The van der Waals surface area contributed by atoms with Crippen LogP contribution in [-0.2, 0) is 9.59 Å². The van der Waals surface area contributed by atoms with Gasteiger partial charge in [-0.15, -0.1) is 23.7 Å². The highest BCUT2D eigenvalue weighted by molar-refractivity contribution is 7.14. The molecule has 0 unspecified atom stereocenters. The Labute approximate surface area is 161 Å². The molecule has 0 bridgehead atoms. The first kappa shape index (κ1) is 21.4. The number of carbonyl (C=O) groups is 2. The molecule has 0 aliphatic carbocycles. The van der Waals surface area contributed by atoms with E-state index in [1.165, 1.54) is 11.3 Å². The highest BCUT2D eigenvalue weighted by Gasteiger charge is 2.18. The first-order valence-corrected chi connectivity index (χ1v) is 8.67. The Balaban J connectivity index is 0.00000312. The van der Waals surface area contributed by atoms with E-state index in [0.29, 0.717) is 10.2 Å². The number of nitrogens with one attached hydrogen (secondary N) is 2. The van der Waals surface area contributed by atoms with E-state index < -0.39 is 6.04 Å². The van der Waals surface area contributed by atoms with Crippen molar-refractivity contribution in [1.82, 2.24) is 10.3 Å². The van der Waals surface area contributed by atoms with E-state index in [2.05, 4.69) is 15.6 Å². The average Bonchev–Trinajstić information content (AvgIpc) is 3.00. The summed E-state index contributed by atoms with van der Waals surface area (Å²) in [4.78, 5) is 28.0. The van der Waals surface area contributed by atoms with Crippen LogP contribution in [0.1, 0.15) is 13.8 Å². The van der Waals surface area contributed by atoms with Gasteiger partial charge in [-0.25, -0.2) is 4.98 Å². The summed E-state index contributed by atoms with van der Waals surface area (Å²) in [6.45, 7) is 3.54. The van der Waals surface area contributed by atoms with Gasteiger partial charge in [-0.3, -0.25) is 9.59 Å². The molecular formula is C16H20Cl2N4O2S. The van der Waals surface area contributed by atoms with Crippen LogP contribution in [0.5, 0.6) is 0 Å². The second-order valence-corrected chi connectivity index (χ2v) is 6.88. The van der Waals surface area contributed by atoms with Crippen LogP contribution in [0, 0.1) is 5.92 Å². The lowest BCUT2D eigenvalue weighted by Crippen LogP contribution is -2.46. The maximum absolute atomic E-state index is 11.9. The number of benzene rings is 1. The molecule has 0 spiro atoms. The SMILES string of the molecule is CC(C)[C@H](N)C(=O)NCC(=O)Nc1nc(-c2cccc(Cl)c2)cs1.Cl. The maximum Gasteiger partial charge on any atom is 0.245 e. The molecule has 2 amide bonds. The predicted molar refractivity (Wildman–Crippen MR) is 104 cm³/mol. The van der Waals surface area contributed by atoms with Gasteiger partial charge in [-0.2, -0.15) is 0 Å². The van der Waals surface area contributed by atoms with Crippen molar-refractivity contribution in [2.75, 3.05) is 11.9 Å². The molecule has 136 valence electrons. The molecule has 9 heteroatoms. The third kappa shape index (κ3) is 6.28. The van der Waals surface area contributed by atoms with Crippen molar-refractivity contribution in [1.29, 1.82) is 0 Å². The number of aromatic nitrogens is 1. The Morgan fingerprint density at radius 1 is 1.36 bits per heavy atom. The number of thiazole rings is 1. The first-order chi connectivity index (χ1) is 11.4. The van der Waals surface area contributed by atoms with Crippen molar-refractivity contribution in [3.05, 3.63) is 34.7 Å². The Hall–Kier alpha value is -1.67. The van der Waals surface area contributed by atoms with Gasteiger partial charge in [0.15, 0.2) is 5.13 Å². The number of carbonyl (C=O) groups excluding carboxylic acids is 2. The lowest BCUT2D eigenvalue weighted by Gasteiger charge is -2.14. The number of nitrogens with two attached hydrogens (primary N) is 1. The zero-order chi connectivity index (χ0) is 17.7. The van der Waals surface area contributed by atoms with Crippen molar-refractivity contribution in [3.63, 3.8) is 0 Å². The minimum Gasteiger partial charge on any atom is -0.346 e. The largest absolute Gasteiger partial charge is 0.346 e. The molecule has 0 saturated carbocycles. The molecule has 2 aromatic rings. The summed E-state index contributed by atoms with van der Waals surface area (Å²) in [5.74, 6) is -0.697. The molecule has 0 aliphatic rings. The van der Waals surface area contributed by atoms with E-state index in [0.717, 1.165) is 11.3 Å². The van der Waals surface area contributed by atoms with Gasteiger partial charge in [-0.05, 0) is 18.1 Å². The summed E-state index contributed by atoms with van der Waals surface area (Å²) >= 11 is 7.26. The number of hydrogen-bond acceptors (Lipinski definition) is 5. The van der Waals surface area contributed by atoms with Crippen molar-refractivity contribution in [2.45, 2.75) is 19.9 Å². The summed E-state index contributed by atoms with van der Waals surface area (Å²) in [7, 11) is 0. The number of anilines is 1. The molecule has 0 radical (unpaired) electrons. The van der Waals surface area contributed by atoms with Gasteiger partial charge in [0.25, 0.3) is 0 Å². The molecule has 1 aromatic heterocycles. The van der Waals surface area contributed by atoms with Crippen LogP contribution in [0.4, 0.5) is 5.13 Å². The van der Waals surface area contributed by atoms with Crippen LogP contribution in [0.15, 0.2) is 29.6 Å². The van der Waals surface area contributed by atoms with Gasteiger partial charge >= 0.3 is 0 Å². The molecule has 1 heterocycles. The van der Waals surface area contributed by atoms with Crippen LogP contribution >= 0.6 is 35.3 Å². The normalized spacial score (nSPS) is 11.6. The van der Waals surface area contributed by atoms with Gasteiger partial charge < -0.3 is 16.4 Å². The van der Waals surface area contributed by atoms with Crippen LogP contribution in [0.3, 0.4) is 0 Å². The molecule has 0 fully saturated rings. The molecule has 1 atom stereocenters. The summed E-state index contributed by atoms with van der Waals surface area (Å²) < 4.78 is 0. The van der Waals surface area contributed by atoms with E-state index in [9.17, 15) is 9.59 Å². The first-order valence-electron chi connectivity index (χ1n) is 7.41. The third-order valence-corrected chi connectivity index (χ3v) is 4.31. The topological polar surface area (TPSA) is 97.1 Å². The van der Waals surface area contributed by atoms with Gasteiger partial charge in [0.05, 0.1) is 18.3 Å². The number of halogens is 2. The van der Waals surface area contributed by atoms with E-state index in [4.69, 9.17) is 17.3 Å². The zero-order valence-electron chi connectivity index (χ0n) is 13.8. The molecule has 0 saturated heterocycles. The second-order valence-electron chi connectivity index (χ2n) is 5.58.